The number of hydrogen-bond acceptors (Lipinski definition) is 6. The van der Waals surface area contributed by atoms with E-state index in [2.05, 4.69) is 32.3 Å². The van der Waals surface area contributed by atoms with Crippen molar-refractivity contribution in [1.29, 1.82) is 0 Å². The lowest BCUT2D eigenvalue weighted by molar-refractivity contribution is 0.176. The lowest BCUT2D eigenvalue weighted by Crippen LogP contribution is -2.44. The van der Waals surface area contributed by atoms with Crippen molar-refractivity contribution in [2.45, 2.75) is 19.9 Å². The smallest absolute Gasteiger partial charge is 0.259 e. The van der Waals surface area contributed by atoms with Gasteiger partial charge in [-0.05, 0) is 26.0 Å². The summed E-state index contributed by atoms with van der Waals surface area (Å²) in [7, 11) is 0. The molecule has 1 aliphatic rings. The van der Waals surface area contributed by atoms with Crippen LogP contribution in [0.4, 0.5) is 0 Å². The molecule has 1 aliphatic heterocycles. The van der Waals surface area contributed by atoms with Gasteiger partial charge < -0.3 is 9.84 Å². The van der Waals surface area contributed by atoms with Crippen LogP contribution < -0.4 is 5.32 Å². The van der Waals surface area contributed by atoms with Crippen LogP contribution in [0.2, 0.25) is 0 Å². The highest BCUT2D eigenvalue weighted by Crippen LogP contribution is 2.22. The van der Waals surface area contributed by atoms with Crippen molar-refractivity contribution in [3.05, 3.63) is 29.8 Å². The number of hydrogen-bond donors (Lipinski definition) is 1. The number of nitrogens with one attached hydrogen (secondary N) is 1. The van der Waals surface area contributed by atoms with E-state index in [4.69, 9.17) is 4.52 Å². The van der Waals surface area contributed by atoms with Gasteiger partial charge in [0, 0.05) is 38.1 Å². The van der Waals surface area contributed by atoms with E-state index in [0.717, 1.165) is 43.3 Å². The minimum atomic E-state index is 0.174. The molecule has 1 fully saturated rings. The highest BCUT2D eigenvalue weighted by molar-refractivity contribution is 5.50. The van der Waals surface area contributed by atoms with Crippen molar-refractivity contribution in [2.75, 3.05) is 26.2 Å². The van der Waals surface area contributed by atoms with Gasteiger partial charge in [0.2, 0.25) is 0 Å². The molecule has 1 unspecified atom stereocenters. The summed E-state index contributed by atoms with van der Waals surface area (Å²) in [4.78, 5) is 11.1. The van der Waals surface area contributed by atoms with Crippen molar-refractivity contribution < 1.29 is 4.52 Å². The zero-order valence-corrected chi connectivity index (χ0v) is 11.8. The average molecular weight is 273 g/mol. The van der Waals surface area contributed by atoms with E-state index in [1.807, 2.05) is 19.1 Å². The fourth-order valence-electron chi connectivity index (χ4n) is 2.35. The monoisotopic (exact) mass is 273 g/mol. The minimum Gasteiger partial charge on any atom is -0.334 e. The predicted octanol–water partition coefficient (Wildman–Crippen LogP) is 1.41. The second kappa shape index (κ2) is 5.68. The zero-order valence-electron chi connectivity index (χ0n) is 11.8. The normalized spacial score (nSPS) is 18.1. The molecular weight excluding hydrogens is 254 g/mol. The maximum absolute atomic E-state index is 5.36. The quantitative estimate of drug-likeness (QED) is 0.912. The summed E-state index contributed by atoms with van der Waals surface area (Å²) in [6.45, 7) is 8.12. The summed E-state index contributed by atoms with van der Waals surface area (Å²) in [5, 5.41) is 7.46. The number of piperazine rings is 1. The lowest BCUT2D eigenvalue weighted by Gasteiger charge is -2.30. The van der Waals surface area contributed by atoms with E-state index in [1.165, 1.54) is 0 Å². The lowest BCUT2D eigenvalue weighted by atomic mass is 10.2. The van der Waals surface area contributed by atoms with Crippen LogP contribution in [-0.4, -0.2) is 46.2 Å². The zero-order chi connectivity index (χ0) is 13.9. The van der Waals surface area contributed by atoms with Crippen LogP contribution in [0.1, 0.15) is 24.5 Å². The molecule has 1 atom stereocenters. The van der Waals surface area contributed by atoms with E-state index in [9.17, 15) is 0 Å². The first-order valence-corrected chi connectivity index (χ1v) is 6.95. The van der Waals surface area contributed by atoms with Crippen LogP contribution in [0.5, 0.6) is 0 Å². The van der Waals surface area contributed by atoms with Gasteiger partial charge in [-0.2, -0.15) is 4.98 Å². The second-order valence-electron chi connectivity index (χ2n) is 5.11. The summed E-state index contributed by atoms with van der Waals surface area (Å²) < 4.78 is 5.36. The SMILES string of the molecule is Cc1ccc(-c2nc(C(C)N3CCNCC3)no2)cn1. The molecule has 3 rings (SSSR count). The van der Waals surface area contributed by atoms with Crippen molar-refractivity contribution in [2.24, 2.45) is 0 Å². The highest BCUT2D eigenvalue weighted by atomic mass is 16.5. The van der Waals surface area contributed by atoms with Crippen LogP contribution >= 0.6 is 0 Å². The Labute approximate surface area is 118 Å². The van der Waals surface area contributed by atoms with Crippen molar-refractivity contribution in [3.8, 4) is 11.5 Å². The highest BCUT2D eigenvalue weighted by Gasteiger charge is 2.22. The van der Waals surface area contributed by atoms with Gasteiger partial charge in [-0.25, -0.2) is 0 Å². The number of aryl methyl sites for hydroxylation is 1. The van der Waals surface area contributed by atoms with Gasteiger partial charge in [0.05, 0.1) is 11.6 Å². The van der Waals surface area contributed by atoms with Gasteiger partial charge in [0.15, 0.2) is 5.82 Å². The van der Waals surface area contributed by atoms with E-state index in [-0.39, 0.29) is 6.04 Å². The summed E-state index contributed by atoms with van der Waals surface area (Å²) >= 11 is 0. The third-order valence-corrected chi connectivity index (χ3v) is 3.67. The molecule has 2 aromatic heterocycles. The molecule has 6 nitrogen and oxygen atoms in total. The average Bonchev–Trinajstić information content (AvgIpc) is 2.98. The molecule has 1 saturated heterocycles. The van der Waals surface area contributed by atoms with Gasteiger partial charge in [-0.1, -0.05) is 5.16 Å². The maximum Gasteiger partial charge on any atom is 0.259 e. The fraction of sp³-hybridized carbons (Fsp3) is 0.500. The molecule has 2 aromatic rings. The van der Waals surface area contributed by atoms with Gasteiger partial charge in [0.25, 0.3) is 5.89 Å². The Bertz CT molecular complexity index is 559. The van der Waals surface area contributed by atoms with Crippen LogP contribution in [0.25, 0.3) is 11.5 Å². The van der Waals surface area contributed by atoms with Crippen molar-refractivity contribution >= 4 is 0 Å². The first-order chi connectivity index (χ1) is 9.74. The van der Waals surface area contributed by atoms with E-state index in [1.54, 1.807) is 6.20 Å². The molecule has 106 valence electrons. The Balaban J connectivity index is 1.77. The first-order valence-electron chi connectivity index (χ1n) is 6.95. The molecule has 0 saturated carbocycles. The fourth-order valence-corrected chi connectivity index (χ4v) is 2.35. The number of pyridine rings is 1. The number of nitrogens with zero attached hydrogens (tertiary/aromatic N) is 4. The summed E-state index contributed by atoms with van der Waals surface area (Å²) in [6.07, 6.45) is 1.77. The summed E-state index contributed by atoms with van der Waals surface area (Å²) in [5.74, 6) is 1.27. The molecule has 0 aliphatic carbocycles. The Morgan fingerprint density at radius 3 is 2.80 bits per heavy atom. The molecule has 6 heteroatoms. The molecule has 0 bridgehead atoms. The van der Waals surface area contributed by atoms with Gasteiger partial charge in [-0.15, -0.1) is 0 Å². The molecule has 0 spiro atoms. The Hall–Kier alpha value is -1.79. The maximum atomic E-state index is 5.36. The minimum absolute atomic E-state index is 0.174. The van der Waals surface area contributed by atoms with Crippen molar-refractivity contribution in [1.82, 2.24) is 25.3 Å². The van der Waals surface area contributed by atoms with Crippen LogP contribution in [-0.2, 0) is 0 Å². The number of rotatable bonds is 3. The number of aromatic nitrogens is 3. The van der Waals surface area contributed by atoms with Crippen LogP contribution in [0, 0.1) is 6.92 Å². The van der Waals surface area contributed by atoms with E-state index >= 15 is 0 Å². The van der Waals surface area contributed by atoms with Gasteiger partial charge >= 0.3 is 0 Å². The second-order valence-corrected chi connectivity index (χ2v) is 5.11. The van der Waals surface area contributed by atoms with Crippen LogP contribution in [0.15, 0.2) is 22.9 Å². The van der Waals surface area contributed by atoms with E-state index < -0.39 is 0 Å². The Kier molecular flexibility index (Phi) is 3.75. The summed E-state index contributed by atoms with van der Waals surface area (Å²) in [5.41, 5.74) is 1.84. The van der Waals surface area contributed by atoms with Gasteiger partial charge in [0.1, 0.15) is 0 Å². The topological polar surface area (TPSA) is 67.1 Å². The molecule has 20 heavy (non-hydrogen) atoms. The predicted molar refractivity (Wildman–Crippen MR) is 75.1 cm³/mol. The molecule has 0 radical (unpaired) electrons. The standard InChI is InChI=1S/C14H19N5O/c1-10-3-4-12(9-16-10)14-17-13(18-20-14)11(2)19-7-5-15-6-8-19/h3-4,9,11,15H,5-8H2,1-2H3. The third kappa shape index (κ3) is 2.71. The first kappa shape index (κ1) is 13.2. The third-order valence-electron chi connectivity index (χ3n) is 3.67. The largest absolute Gasteiger partial charge is 0.334 e. The summed E-state index contributed by atoms with van der Waals surface area (Å²) in [6, 6.07) is 4.07. The molecule has 0 aromatic carbocycles. The van der Waals surface area contributed by atoms with Crippen molar-refractivity contribution in [3.63, 3.8) is 0 Å². The van der Waals surface area contributed by atoms with Gasteiger partial charge in [-0.3, -0.25) is 9.88 Å². The molecular formula is C14H19N5O. The Morgan fingerprint density at radius 1 is 1.30 bits per heavy atom. The van der Waals surface area contributed by atoms with E-state index in [0.29, 0.717) is 5.89 Å². The molecule has 1 N–H and O–H groups in total. The van der Waals surface area contributed by atoms with Crippen LogP contribution in [0.3, 0.4) is 0 Å². The Morgan fingerprint density at radius 2 is 2.10 bits per heavy atom. The molecule has 0 amide bonds. The molecule has 3 heterocycles.